The lowest BCUT2D eigenvalue weighted by Gasteiger charge is -2.38. The van der Waals surface area contributed by atoms with Crippen molar-refractivity contribution < 1.29 is 18.9 Å². The molecule has 0 unspecified atom stereocenters. The number of fused-ring (bicyclic) bond motifs is 4. The third-order valence-electron chi connectivity index (χ3n) is 5.86. The highest BCUT2D eigenvalue weighted by Crippen LogP contribution is 2.49. The van der Waals surface area contributed by atoms with Gasteiger partial charge in [0.25, 0.3) is 0 Å². The van der Waals surface area contributed by atoms with Gasteiger partial charge in [-0.15, -0.1) is 0 Å². The van der Waals surface area contributed by atoms with Gasteiger partial charge >= 0.3 is 0 Å². The Morgan fingerprint density at radius 1 is 0.968 bits per heavy atom. The Bertz CT molecular complexity index is 1210. The first-order chi connectivity index (χ1) is 15.2. The van der Waals surface area contributed by atoms with Gasteiger partial charge in [0.15, 0.2) is 11.5 Å². The summed E-state index contributed by atoms with van der Waals surface area (Å²) in [5.41, 5.74) is 3.91. The molecule has 0 N–H and O–H groups in total. The second-order valence-electron chi connectivity index (χ2n) is 7.61. The average Bonchev–Trinajstić information content (AvgIpc) is 3.45. The van der Waals surface area contributed by atoms with Crippen molar-refractivity contribution in [2.75, 3.05) is 13.9 Å². The summed E-state index contributed by atoms with van der Waals surface area (Å²) < 4.78 is 23.0. The minimum atomic E-state index is -0.415. The summed E-state index contributed by atoms with van der Waals surface area (Å²) in [6.07, 6.45) is 0.309. The molecule has 3 aliphatic rings. The molecule has 0 saturated carbocycles. The zero-order valence-corrected chi connectivity index (χ0v) is 17.5. The number of methoxy groups -OCH3 is 1. The van der Waals surface area contributed by atoms with E-state index in [2.05, 4.69) is 0 Å². The van der Waals surface area contributed by atoms with Gasteiger partial charge in [-0.3, -0.25) is 0 Å². The van der Waals surface area contributed by atoms with Crippen LogP contribution in [0.2, 0.25) is 5.02 Å². The minimum Gasteiger partial charge on any atom is -0.496 e. The number of hydrazone groups is 1. The first kappa shape index (κ1) is 18.4. The van der Waals surface area contributed by atoms with Gasteiger partial charge in [-0.05, 0) is 48.5 Å². The molecule has 3 aliphatic heterocycles. The van der Waals surface area contributed by atoms with Gasteiger partial charge in [-0.2, -0.15) is 5.10 Å². The van der Waals surface area contributed by atoms with Crippen molar-refractivity contribution in [1.29, 1.82) is 0 Å². The molecule has 2 atom stereocenters. The van der Waals surface area contributed by atoms with E-state index in [-0.39, 0.29) is 12.8 Å². The molecular weight excluding hydrogens is 416 g/mol. The van der Waals surface area contributed by atoms with Crippen molar-refractivity contribution in [3.63, 3.8) is 0 Å². The van der Waals surface area contributed by atoms with Crippen LogP contribution in [0.3, 0.4) is 0 Å². The zero-order chi connectivity index (χ0) is 20.9. The fraction of sp³-hybridized carbons (Fsp3) is 0.208. The quantitative estimate of drug-likeness (QED) is 0.558. The number of hydrogen-bond acceptors (Lipinski definition) is 6. The van der Waals surface area contributed by atoms with Crippen molar-refractivity contribution in [2.45, 2.75) is 18.7 Å². The fourth-order valence-electron chi connectivity index (χ4n) is 4.38. The Hall–Kier alpha value is -3.38. The van der Waals surface area contributed by atoms with E-state index in [1.807, 2.05) is 65.7 Å². The molecule has 3 aromatic carbocycles. The van der Waals surface area contributed by atoms with E-state index in [4.69, 9.17) is 35.6 Å². The van der Waals surface area contributed by atoms with Crippen LogP contribution in [0, 0.1) is 0 Å². The molecule has 3 heterocycles. The Morgan fingerprint density at radius 2 is 1.81 bits per heavy atom. The number of benzene rings is 3. The summed E-state index contributed by atoms with van der Waals surface area (Å²) in [4.78, 5) is 0. The van der Waals surface area contributed by atoms with Crippen LogP contribution in [0.4, 0.5) is 0 Å². The van der Waals surface area contributed by atoms with Gasteiger partial charge in [0, 0.05) is 22.6 Å². The molecule has 0 bridgehead atoms. The molecule has 0 saturated heterocycles. The van der Waals surface area contributed by atoms with Crippen LogP contribution >= 0.6 is 11.6 Å². The topological polar surface area (TPSA) is 52.5 Å². The van der Waals surface area contributed by atoms with Gasteiger partial charge in [0.1, 0.15) is 11.5 Å². The molecule has 0 amide bonds. The number of para-hydroxylation sites is 1. The highest BCUT2D eigenvalue weighted by Gasteiger charge is 2.42. The Labute approximate surface area is 184 Å². The summed E-state index contributed by atoms with van der Waals surface area (Å²) in [7, 11) is 1.66. The molecule has 6 rings (SSSR count). The van der Waals surface area contributed by atoms with Gasteiger partial charge in [-0.25, -0.2) is 5.01 Å². The SMILES string of the molecule is COc1ccccc1[C@H]1Oc2ccc(Cl)cc2[C@H]2CC(c3ccc4c(c3)OCO4)=NN21. The van der Waals surface area contributed by atoms with Crippen LogP contribution in [0.15, 0.2) is 65.8 Å². The largest absolute Gasteiger partial charge is 0.496 e. The first-order valence-corrected chi connectivity index (χ1v) is 10.4. The van der Waals surface area contributed by atoms with Crippen molar-refractivity contribution >= 4 is 17.3 Å². The molecule has 31 heavy (non-hydrogen) atoms. The van der Waals surface area contributed by atoms with Gasteiger partial charge in [0.2, 0.25) is 13.0 Å². The van der Waals surface area contributed by atoms with Crippen molar-refractivity contribution in [1.82, 2.24) is 5.01 Å². The van der Waals surface area contributed by atoms with Crippen molar-refractivity contribution in [3.8, 4) is 23.0 Å². The smallest absolute Gasteiger partial charge is 0.231 e. The maximum atomic E-state index is 6.42. The maximum absolute atomic E-state index is 6.42. The number of rotatable bonds is 3. The Morgan fingerprint density at radius 3 is 2.71 bits per heavy atom. The molecule has 0 aliphatic carbocycles. The molecule has 6 nitrogen and oxygen atoms in total. The molecule has 0 aromatic heterocycles. The van der Waals surface area contributed by atoms with E-state index in [9.17, 15) is 0 Å². The first-order valence-electron chi connectivity index (χ1n) is 10.1. The van der Waals surface area contributed by atoms with Crippen LogP contribution < -0.4 is 18.9 Å². The molecule has 0 radical (unpaired) electrons. The standard InChI is InChI=1S/C24H19ClN2O4/c1-28-20-5-3-2-4-16(20)24-27-19(17-11-15(25)7-9-21(17)31-24)12-18(26-27)14-6-8-22-23(10-14)30-13-29-22/h2-11,19,24H,12-13H2,1H3/t19-,24-/m1/s1. The van der Waals surface area contributed by atoms with Crippen LogP contribution in [-0.2, 0) is 0 Å². The van der Waals surface area contributed by atoms with Crippen LogP contribution in [0.1, 0.15) is 35.4 Å². The van der Waals surface area contributed by atoms with E-state index in [0.717, 1.165) is 51.8 Å². The third kappa shape index (κ3) is 2.98. The Kier molecular flexibility index (Phi) is 4.21. The third-order valence-corrected chi connectivity index (χ3v) is 6.10. The molecular formula is C24H19ClN2O4. The van der Waals surface area contributed by atoms with E-state index in [1.54, 1.807) is 7.11 Å². The predicted molar refractivity (Wildman–Crippen MR) is 116 cm³/mol. The van der Waals surface area contributed by atoms with Crippen molar-refractivity contribution in [2.24, 2.45) is 5.10 Å². The highest BCUT2D eigenvalue weighted by atomic mass is 35.5. The second-order valence-corrected chi connectivity index (χ2v) is 8.05. The maximum Gasteiger partial charge on any atom is 0.231 e. The van der Waals surface area contributed by atoms with E-state index < -0.39 is 6.23 Å². The molecule has 0 fully saturated rings. The van der Waals surface area contributed by atoms with Crippen LogP contribution in [0.25, 0.3) is 0 Å². The lowest BCUT2D eigenvalue weighted by Crippen LogP contribution is -2.33. The zero-order valence-electron chi connectivity index (χ0n) is 16.7. The summed E-state index contributed by atoms with van der Waals surface area (Å²) >= 11 is 6.32. The lowest BCUT2D eigenvalue weighted by molar-refractivity contribution is -0.0203. The molecule has 7 heteroatoms. The predicted octanol–water partition coefficient (Wildman–Crippen LogP) is 5.32. The molecule has 3 aromatic rings. The average molecular weight is 435 g/mol. The van der Waals surface area contributed by atoms with Gasteiger partial charge in [0.05, 0.1) is 24.4 Å². The van der Waals surface area contributed by atoms with Crippen molar-refractivity contribution in [3.05, 3.63) is 82.4 Å². The fourth-order valence-corrected chi connectivity index (χ4v) is 4.56. The van der Waals surface area contributed by atoms with E-state index >= 15 is 0 Å². The van der Waals surface area contributed by atoms with E-state index in [0.29, 0.717) is 5.02 Å². The summed E-state index contributed by atoms with van der Waals surface area (Å²) in [5, 5.41) is 7.68. The number of halogens is 1. The molecule has 0 spiro atoms. The summed E-state index contributed by atoms with van der Waals surface area (Å²) in [5.74, 6) is 3.07. The normalized spacial score (nSPS) is 20.6. The van der Waals surface area contributed by atoms with Crippen LogP contribution in [-0.4, -0.2) is 24.6 Å². The monoisotopic (exact) mass is 434 g/mol. The Balaban J connectivity index is 1.46. The molecule has 156 valence electrons. The summed E-state index contributed by atoms with van der Waals surface area (Å²) in [6, 6.07) is 19.5. The number of nitrogens with zero attached hydrogens (tertiary/aromatic N) is 2. The second kappa shape index (κ2) is 7.10. The summed E-state index contributed by atoms with van der Waals surface area (Å²) in [6.45, 7) is 0.246. The number of hydrogen-bond donors (Lipinski definition) is 0. The van der Waals surface area contributed by atoms with E-state index in [1.165, 1.54) is 0 Å². The van der Waals surface area contributed by atoms with Gasteiger partial charge < -0.3 is 18.9 Å². The highest BCUT2D eigenvalue weighted by molar-refractivity contribution is 6.30. The minimum absolute atomic E-state index is 0.00205. The van der Waals surface area contributed by atoms with Gasteiger partial charge in [-0.1, -0.05) is 23.7 Å². The lowest BCUT2D eigenvalue weighted by atomic mass is 9.95. The number of ether oxygens (including phenoxy) is 4. The van der Waals surface area contributed by atoms with Crippen LogP contribution in [0.5, 0.6) is 23.0 Å².